The van der Waals surface area contributed by atoms with Crippen LogP contribution < -0.4 is 0 Å². The van der Waals surface area contributed by atoms with Crippen molar-refractivity contribution in [2.24, 2.45) is 5.92 Å². The Kier molecular flexibility index (Phi) is 5.50. The minimum absolute atomic E-state index is 0.0345. The van der Waals surface area contributed by atoms with Crippen LogP contribution in [0.3, 0.4) is 0 Å². The van der Waals surface area contributed by atoms with E-state index in [0.717, 1.165) is 31.2 Å². The van der Waals surface area contributed by atoms with Crippen LogP contribution in [0.1, 0.15) is 50.7 Å². The second-order valence-electron chi connectivity index (χ2n) is 8.92. The zero-order chi connectivity index (χ0) is 21.7. The first-order valence-corrected chi connectivity index (χ1v) is 11.8. The lowest BCUT2D eigenvalue weighted by Crippen LogP contribution is -2.49. The number of fused-ring (bicyclic) bond motifs is 1. The molecule has 3 fully saturated rings. The van der Waals surface area contributed by atoms with Crippen molar-refractivity contribution in [3.63, 3.8) is 0 Å². The highest BCUT2D eigenvalue weighted by molar-refractivity contribution is 7.85. The molecule has 4 rings (SSSR count). The molecule has 1 aromatic rings. The number of hydrogen-bond donors (Lipinski definition) is 2. The van der Waals surface area contributed by atoms with Crippen LogP contribution in [-0.2, 0) is 30.7 Å². The van der Waals surface area contributed by atoms with E-state index in [1.807, 2.05) is 6.92 Å². The highest BCUT2D eigenvalue weighted by atomic mass is 32.2. The average molecular weight is 437 g/mol. The van der Waals surface area contributed by atoms with Crippen LogP contribution in [0.25, 0.3) is 0 Å². The van der Waals surface area contributed by atoms with Crippen molar-refractivity contribution < 1.29 is 32.3 Å². The Hall–Kier alpha value is -1.47. The lowest BCUT2D eigenvalue weighted by molar-refractivity contribution is -0.221. The van der Waals surface area contributed by atoms with Crippen molar-refractivity contribution in [2.75, 3.05) is 0 Å². The number of ether oxygens (including phenoxy) is 3. The molecule has 2 heterocycles. The topological polar surface area (TPSA) is 102 Å². The van der Waals surface area contributed by atoms with Gasteiger partial charge in [-0.05, 0) is 45.2 Å². The summed E-state index contributed by atoms with van der Waals surface area (Å²) in [6.07, 6.45) is 1.77. The van der Waals surface area contributed by atoms with Gasteiger partial charge in [0.2, 0.25) is 0 Å². The Labute approximate surface area is 177 Å². The normalized spacial score (nSPS) is 33.3. The molecule has 0 aromatic heterocycles. The molecule has 2 saturated heterocycles. The van der Waals surface area contributed by atoms with Gasteiger partial charge in [0, 0.05) is 12.3 Å². The Balaban J connectivity index is 1.69. The van der Waals surface area contributed by atoms with E-state index in [2.05, 4.69) is 11.8 Å². The van der Waals surface area contributed by atoms with Crippen LogP contribution in [0.2, 0.25) is 0 Å². The number of rotatable bonds is 3. The second-order valence-corrected chi connectivity index (χ2v) is 10.3. The summed E-state index contributed by atoms with van der Waals surface area (Å²) in [6, 6.07) is 4.63. The Bertz CT molecular complexity index is 984. The van der Waals surface area contributed by atoms with E-state index in [9.17, 15) is 18.1 Å². The molecular weight excluding hydrogens is 408 g/mol. The lowest BCUT2D eigenvalue weighted by atomic mass is 9.88. The van der Waals surface area contributed by atoms with Gasteiger partial charge < -0.3 is 19.3 Å². The predicted octanol–water partition coefficient (Wildman–Crippen LogP) is 2.59. The van der Waals surface area contributed by atoms with E-state index >= 15 is 0 Å². The summed E-state index contributed by atoms with van der Waals surface area (Å²) in [5.41, 5.74) is -0.492. The lowest BCUT2D eigenvalue weighted by Gasteiger charge is -2.30. The van der Waals surface area contributed by atoms with E-state index in [1.165, 1.54) is 6.07 Å². The van der Waals surface area contributed by atoms with Gasteiger partial charge in [-0.3, -0.25) is 4.55 Å². The van der Waals surface area contributed by atoms with E-state index in [4.69, 9.17) is 14.2 Å². The quantitative estimate of drug-likeness (QED) is 0.555. The van der Waals surface area contributed by atoms with Gasteiger partial charge in [0.15, 0.2) is 23.8 Å². The minimum Gasteiger partial charge on any atom is -0.372 e. The van der Waals surface area contributed by atoms with Crippen molar-refractivity contribution in [2.45, 2.75) is 87.7 Å². The van der Waals surface area contributed by atoms with E-state index in [0.29, 0.717) is 5.56 Å². The Morgan fingerprint density at radius 2 is 1.90 bits per heavy atom. The first-order chi connectivity index (χ1) is 14.0. The number of hydrogen-bond acceptors (Lipinski definition) is 6. The van der Waals surface area contributed by atoms with Gasteiger partial charge in [0.1, 0.15) is 6.10 Å². The summed E-state index contributed by atoms with van der Waals surface area (Å²) in [4.78, 5) is -0.206. The molecule has 8 heteroatoms. The van der Waals surface area contributed by atoms with Crippen LogP contribution in [0.4, 0.5) is 0 Å². The molecule has 30 heavy (non-hydrogen) atoms. The van der Waals surface area contributed by atoms with Gasteiger partial charge in [-0.15, -0.1) is 0 Å². The maximum atomic E-state index is 11.9. The zero-order valence-electron chi connectivity index (χ0n) is 17.4. The molecule has 3 aliphatic rings. The number of aliphatic hydroxyl groups is 1. The van der Waals surface area contributed by atoms with E-state index in [1.54, 1.807) is 26.0 Å². The van der Waals surface area contributed by atoms with Crippen molar-refractivity contribution in [1.82, 2.24) is 0 Å². The summed E-state index contributed by atoms with van der Waals surface area (Å²) in [5.74, 6) is 5.50. The zero-order valence-corrected chi connectivity index (χ0v) is 18.2. The fraction of sp³-hybridized carbons (Fsp3) is 0.636. The third-order valence-corrected chi connectivity index (χ3v) is 6.97. The van der Waals surface area contributed by atoms with E-state index in [-0.39, 0.29) is 17.2 Å². The van der Waals surface area contributed by atoms with Crippen molar-refractivity contribution in [3.8, 4) is 11.8 Å². The largest absolute Gasteiger partial charge is 0.372 e. The summed E-state index contributed by atoms with van der Waals surface area (Å²) >= 11 is 0. The standard InChI is InChI=1S/C22H28O7S/c1-14-8-9-17(30(24,25)26)16(12-14)13-18-22(23,11-10-15-6-4-5-7-15)19-20(27-18)29-21(2,3)28-19/h8-9,12,15,18-20,23H,4-7,13H2,1-3H3,(H,24,25,26)/t18?,19-,20+,22+/m0/s1. The maximum Gasteiger partial charge on any atom is 0.294 e. The molecule has 164 valence electrons. The highest BCUT2D eigenvalue weighted by Crippen LogP contribution is 2.44. The van der Waals surface area contributed by atoms with Crippen molar-refractivity contribution in [1.29, 1.82) is 0 Å². The Morgan fingerprint density at radius 1 is 1.20 bits per heavy atom. The second kappa shape index (κ2) is 7.59. The summed E-state index contributed by atoms with van der Waals surface area (Å²) in [6.45, 7) is 5.30. The van der Waals surface area contributed by atoms with Crippen LogP contribution in [0.15, 0.2) is 23.1 Å². The first-order valence-electron chi connectivity index (χ1n) is 10.3. The van der Waals surface area contributed by atoms with Crippen molar-refractivity contribution >= 4 is 10.1 Å². The summed E-state index contributed by atoms with van der Waals surface area (Å²) in [7, 11) is -4.43. The number of aryl methyl sites for hydroxylation is 1. The fourth-order valence-electron chi connectivity index (χ4n) is 4.54. The third-order valence-electron chi connectivity index (χ3n) is 6.01. The third kappa shape index (κ3) is 4.15. The molecule has 0 amide bonds. The Morgan fingerprint density at radius 3 is 2.57 bits per heavy atom. The fourth-order valence-corrected chi connectivity index (χ4v) is 5.25. The van der Waals surface area contributed by atoms with E-state index < -0.39 is 40.0 Å². The van der Waals surface area contributed by atoms with Crippen LogP contribution in [0, 0.1) is 24.7 Å². The molecule has 1 aromatic carbocycles. The molecule has 0 spiro atoms. The van der Waals surface area contributed by atoms with Crippen LogP contribution >= 0.6 is 0 Å². The predicted molar refractivity (Wildman–Crippen MR) is 108 cm³/mol. The molecule has 2 N–H and O–H groups in total. The first kappa shape index (κ1) is 21.8. The molecule has 1 unspecified atom stereocenters. The number of benzene rings is 1. The average Bonchev–Trinajstić information content (AvgIpc) is 3.30. The van der Waals surface area contributed by atoms with Crippen LogP contribution in [0.5, 0.6) is 0 Å². The summed E-state index contributed by atoms with van der Waals surface area (Å²) in [5, 5.41) is 11.6. The molecular formula is C22H28O7S. The molecule has 2 aliphatic heterocycles. The molecule has 0 bridgehead atoms. The van der Waals surface area contributed by atoms with Gasteiger partial charge in [-0.1, -0.05) is 42.4 Å². The van der Waals surface area contributed by atoms with Gasteiger partial charge in [0.05, 0.1) is 4.90 Å². The minimum atomic E-state index is -4.43. The van der Waals surface area contributed by atoms with Crippen LogP contribution in [-0.4, -0.2) is 48.0 Å². The van der Waals surface area contributed by atoms with Gasteiger partial charge in [-0.25, -0.2) is 0 Å². The molecule has 1 aliphatic carbocycles. The van der Waals surface area contributed by atoms with Gasteiger partial charge in [-0.2, -0.15) is 8.42 Å². The molecule has 4 atom stereocenters. The highest BCUT2D eigenvalue weighted by Gasteiger charge is 2.62. The molecule has 1 saturated carbocycles. The summed E-state index contributed by atoms with van der Waals surface area (Å²) < 4.78 is 51.0. The molecule has 7 nitrogen and oxygen atoms in total. The monoisotopic (exact) mass is 436 g/mol. The SMILES string of the molecule is Cc1ccc(S(=O)(=O)O)c(CC2O[C@@H]3OC(C)(C)O[C@@H]3[C@@]2(O)C#CC2CCCC2)c1. The maximum absolute atomic E-state index is 11.9. The van der Waals surface area contributed by atoms with Gasteiger partial charge >= 0.3 is 0 Å². The smallest absolute Gasteiger partial charge is 0.294 e. The van der Waals surface area contributed by atoms with Gasteiger partial charge in [0.25, 0.3) is 10.1 Å². The molecule has 0 radical (unpaired) electrons. The van der Waals surface area contributed by atoms with Crippen molar-refractivity contribution in [3.05, 3.63) is 29.3 Å².